The highest BCUT2D eigenvalue weighted by Gasteiger charge is 2.22. The largest absolute Gasteiger partial charge is 0.344 e. The molecule has 0 radical (unpaired) electrons. The second-order valence-electron chi connectivity index (χ2n) is 4.98. The molecular weight excluding hydrogens is 272 g/mol. The molecule has 20 heavy (non-hydrogen) atoms. The molecule has 102 valence electrons. The lowest BCUT2D eigenvalue weighted by Crippen LogP contribution is -2.31. The molecule has 1 amide bonds. The Bertz CT molecular complexity index is 642. The summed E-state index contributed by atoms with van der Waals surface area (Å²) in [6, 6.07) is 11.6. The van der Waals surface area contributed by atoms with E-state index in [0.29, 0.717) is 10.7 Å². The number of pyridine rings is 1. The van der Waals surface area contributed by atoms with Crippen LogP contribution in [0.4, 0.5) is 0 Å². The predicted molar refractivity (Wildman–Crippen MR) is 78.8 cm³/mol. The molecule has 1 aliphatic carbocycles. The van der Waals surface area contributed by atoms with Gasteiger partial charge in [0, 0.05) is 11.2 Å². The van der Waals surface area contributed by atoms with Crippen LogP contribution in [0.1, 0.15) is 40.5 Å². The minimum absolute atomic E-state index is 0.0632. The maximum Gasteiger partial charge on any atom is 0.270 e. The first-order valence-corrected chi connectivity index (χ1v) is 7.12. The van der Waals surface area contributed by atoms with E-state index in [1.54, 1.807) is 18.3 Å². The van der Waals surface area contributed by atoms with Crippen LogP contribution in [-0.4, -0.2) is 10.9 Å². The first-order chi connectivity index (χ1) is 9.74. The summed E-state index contributed by atoms with van der Waals surface area (Å²) in [5, 5.41) is 3.58. The molecule has 0 bridgehead atoms. The van der Waals surface area contributed by atoms with Gasteiger partial charge in [-0.25, -0.2) is 0 Å². The van der Waals surface area contributed by atoms with Crippen LogP contribution in [-0.2, 0) is 6.42 Å². The maximum atomic E-state index is 12.2. The topological polar surface area (TPSA) is 42.0 Å². The molecule has 0 saturated heterocycles. The number of hydrogen-bond donors (Lipinski definition) is 1. The molecule has 0 spiro atoms. The average Bonchev–Trinajstić information content (AvgIpc) is 2.47. The van der Waals surface area contributed by atoms with Gasteiger partial charge in [0.2, 0.25) is 0 Å². The van der Waals surface area contributed by atoms with E-state index in [4.69, 9.17) is 11.6 Å². The zero-order valence-corrected chi connectivity index (χ0v) is 11.7. The minimum atomic E-state index is -0.172. The number of halogens is 1. The van der Waals surface area contributed by atoms with E-state index in [1.165, 1.54) is 11.1 Å². The normalized spacial score (nSPS) is 17.4. The molecule has 1 aliphatic rings. The van der Waals surface area contributed by atoms with E-state index >= 15 is 0 Å². The summed E-state index contributed by atoms with van der Waals surface area (Å²) in [6.07, 6.45) is 4.68. The van der Waals surface area contributed by atoms with E-state index in [9.17, 15) is 4.79 Å². The van der Waals surface area contributed by atoms with Gasteiger partial charge in [0.25, 0.3) is 5.91 Å². The predicted octanol–water partition coefficient (Wildman–Crippen LogP) is 3.54. The summed E-state index contributed by atoms with van der Waals surface area (Å²) in [5.74, 6) is -0.172. The third-order valence-corrected chi connectivity index (χ3v) is 3.86. The number of benzene rings is 1. The van der Waals surface area contributed by atoms with Gasteiger partial charge in [-0.3, -0.25) is 9.78 Å². The Kier molecular flexibility index (Phi) is 3.70. The third-order valence-electron chi connectivity index (χ3n) is 3.63. The van der Waals surface area contributed by atoms with E-state index in [-0.39, 0.29) is 11.9 Å². The summed E-state index contributed by atoms with van der Waals surface area (Å²) < 4.78 is 0. The lowest BCUT2D eigenvalue weighted by molar-refractivity contribution is 0.0927. The van der Waals surface area contributed by atoms with Gasteiger partial charge in [0.1, 0.15) is 5.69 Å². The molecule has 1 aromatic heterocycles. The van der Waals surface area contributed by atoms with Crippen molar-refractivity contribution in [2.45, 2.75) is 25.3 Å². The van der Waals surface area contributed by atoms with Crippen molar-refractivity contribution in [2.24, 2.45) is 0 Å². The fourth-order valence-electron chi connectivity index (χ4n) is 2.66. The number of nitrogens with one attached hydrogen (secondary N) is 1. The lowest BCUT2D eigenvalue weighted by atomic mass is 9.87. The fourth-order valence-corrected chi connectivity index (χ4v) is 2.82. The third kappa shape index (κ3) is 2.68. The van der Waals surface area contributed by atoms with Crippen molar-refractivity contribution in [1.29, 1.82) is 0 Å². The first kappa shape index (κ1) is 13.1. The van der Waals surface area contributed by atoms with Crippen molar-refractivity contribution in [1.82, 2.24) is 10.3 Å². The van der Waals surface area contributed by atoms with E-state index in [2.05, 4.69) is 22.4 Å². The molecule has 0 unspecified atom stereocenters. The van der Waals surface area contributed by atoms with Gasteiger partial charge in [-0.2, -0.15) is 0 Å². The molecule has 3 rings (SSSR count). The number of aromatic nitrogens is 1. The number of amides is 1. The SMILES string of the molecule is O=C(N[C@@H]1CCCc2ccccc21)c1cc(Cl)ccn1. The second kappa shape index (κ2) is 5.63. The lowest BCUT2D eigenvalue weighted by Gasteiger charge is -2.26. The molecule has 4 heteroatoms. The van der Waals surface area contributed by atoms with Crippen molar-refractivity contribution < 1.29 is 4.79 Å². The molecular formula is C16H15ClN2O. The number of carbonyl (C=O) groups excluding carboxylic acids is 1. The number of fused-ring (bicyclic) bond motifs is 1. The summed E-state index contributed by atoms with van der Waals surface area (Å²) in [5.41, 5.74) is 2.90. The fraction of sp³-hybridized carbons (Fsp3) is 0.250. The maximum absolute atomic E-state index is 12.2. The summed E-state index contributed by atoms with van der Waals surface area (Å²) in [4.78, 5) is 16.3. The van der Waals surface area contributed by atoms with Crippen LogP contribution < -0.4 is 5.32 Å². The van der Waals surface area contributed by atoms with E-state index < -0.39 is 0 Å². The Balaban J connectivity index is 1.81. The Hall–Kier alpha value is -1.87. The summed E-state index contributed by atoms with van der Waals surface area (Å²) >= 11 is 5.89. The number of nitrogens with zero attached hydrogens (tertiary/aromatic N) is 1. The monoisotopic (exact) mass is 286 g/mol. The van der Waals surface area contributed by atoms with Gasteiger partial charge in [0.15, 0.2) is 0 Å². The standard InChI is InChI=1S/C16H15ClN2O/c17-12-8-9-18-15(10-12)16(20)19-14-7-3-5-11-4-1-2-6-13(11)14/h1-2,4,6,8-10,14H,3,5,7H2,(H,19,20)/t14-/m1/s1. The van der Waals surface area contributed by atoms with Crippen LogP contribution >= 0.6 is 11.6 Å². The molecule has 3 nitrogen and oxygen atoms in total. The van der Waals surface area contributed by atoms with Crippen LogP contribution in [0.3, 0.4) is 0 Å². The van der Waals surface area contributed by atoms with Crippen molar-refractivity contribution >= 4 is 17.5 Å². The van der Waals surface area contributed by atoms with Gasteiger partial charge >= 0.3 is 0 Å². The molecule has 2 aromatic rings. The molecule has 1 heterocycles. The highest BCUT2D eigenvalue weighted by Crippen LogP contribution is 2.29. The van der Waals surface area contributed by atoms with Crippen molar-refractivity contribution in [3.8, 4) is 0 Å². The van der Waals surface area contributed by atoms with Crippen LogP contribution in [0, 0.1) is 0 Å². The Morgan fingerprint density at radius 2 is 2.15 bits per heavy atom. The molecule has 0 fully saturated rings. The van der Waals surface area contributed by atoms with Crippen LogP contribution in [0.5, 0.6) is 0 Å². The molecule has 0 saturated carbocycles. The minimum Gasteiger partial charge on any atom is -0.344 e. The smallest absolute Gasteiger partial charge is 0.270 e. The quantitative estimate of drug-likeness (QED) is 0.917. The van der Waals surface area contributed by atoms with Gasteiger partial charge in [-0.05, 0) is 42.5 Å². The average molecular weight is 287 g/mol. The van der Waals surface area contributed by atoms with Crippen molar-refractivity contribution in [3.05, 3.63) is 64.4 Å². The van der Waals surface area contributed by atoms with Crippen LogP contribution in [0.25, 0.3) is 0 Å². The van der Waals surface area contributed by atoms with Crippen molar-refractivity contribution in [3.63, 3.8) is 0 Å². The molecule has 1 atom stereocenters. The van der Waals surface area contributed by atoms with Gasteiger partial charge in [0.05, 0.1) is 6.04 Å². The second-order valence-corrected chi connectivity index (χ2v) is 5.41. The number of hydrogen-bond acceptors (Lipinski definition) is 2. The number of carbonyl (C=O) groups is 1. The highest BCUT2D eigenvalue weighted by molar-refractivity contribution is 6.30. The Labute approximate surface area is 123 Å². The van der Waals surface area contributed by atoms with Gasteiger partial charge < -0.3 is 5.32 Å². The van der Waals surface area contributed by atoms with E-state index in [1.807, 2.05) is 12.1 Å². The van der Waals surface area contributed by atoms with Crippen LogP contribution in [0.2, 0.25) is 5.02 Å². The van der Waals surface area contributed by atoms with Gasteiger partial charge in [-0.15, -0.1) is 0 Å². The first-order valence-electron chi connectivity index (χ1n) is 6.74. The summed E-state index contributed by atoms with van der Waals surface area (Å²) in [6.45, 7) is 0. The van der Waals surface area contributed by atoms with E-state index in [0.717, 1.165) is 19.3 Å². The molecule has 0 aliphatic heterocycles. The van der Waals surface area contributed by atoms with Gasteiger partial charge in [-0.1, -0.05) is 35.9 Å². The van der Waals surface area contributed by atoms with Crippen molar-refractivity contribution in [2.75, 3.05) is 0 Å². The zero-order chi connectivity index (χ0) is 13.9. The summed E-state index contributed by atoms with van der Waals surface area (Å²) in [7, 11) is 0. The molecule has 1 aromatic carbocycles. The molecule has 1 N–H and O–H groups in total. The van der Waals surface area contributed by atoms with Crippen LogP contribution in [0.15, 0.2) is 42.6 Å². The highest BCUT2D eigenvalue weighted by atomic mass is 35.5. The Morgan fingerprint density at radius 3 is 3.00 bits per heavy atom. The zero-order valence-electron chi connectivity index (χ0n) is 11.0. The number of aryl methyl sites for hydroxylation is 1. The Morgan fingerprint density at radius 1 is 1.30 bits per heavy atom. The number of rotatable bonds is 2.